The van der Waals surface area contributed by atoms with Gasteiger partial charge in [-0.25, -0.2) is 9.97 Å². The summed E-state index contributed by atoms with van der Waals surface area (Å²) in [4.78, 5) is 21.2. The van der Waals surface area contributed by atoms with E-state index in [1.807, 2.05) is 6.20 Å². The van der Waals surface area contributed by atoms with E-state index < -0.39 is 0 Å². The molecule has 0 amide bonds. The summed E-state index contributed by atoms with van der Waals surface area (Å²) in [5, 5.41) is 0.473. The predicted octanol–water partition coefficient (Wildman–Crippen LogP) is 2.31. The molecule has 6 aliphatic carbocycles. The Morgan fingerprint density at radius 2 is 1.96 bits per heavy atom. The number of esters is 1. The van der Waals surface area contributed by atoms with Crippen LogP contribution < -0.4 is 0 Å². The maximum atomic E-state index is 12.2. The Hall–Kier alpha value is -1.14. The van der Waals surface area contributed by atoms with Gasteiger partial charge in [0.1, 0.15) is 15.9 Å². The van der Waals surface area contributed by atoms with Crippen molar-refractivity contribution in [2.24, 2.45) is 40.9 Å². The molecule has 6 fully saturated rings. The first-order valence-electron chi connectivity index (χ1n) is 7.89. The van der Waals surface area contributed by atoms with Gasteiger partial charge in [0.05, 0.1) is 12.5 Å². The smallest absolute Gasteiger partial charge is 0.312 e. The number of methoxy groups -OCH3 is 1. The lowest BCUT2D eigenvalue weighted by atomic mass is 8.92. The number of imidazole rings is 1. The fourth-order valence-corrected chi connectivity index (χ4v) is 8.72. The second kappa shape index (κ2) is 3.06. The van der Waals surface area contributed by atoms with Gasteiger partial charge in [-0.3, -0.25) is 9.20 Å². The van der Waals surface area contributed by atoms with E-state index in [2.05, 4.69) is 25.3 Å². The quantitative estimate of drug-likeness (QED) is 0.736. The fraction of sp³-hybridized carbons (Fsp3) is 0.562. The number of carbonyl (C=O) groups is 1. The van der Waals surface area contributed by atoms with Gasteiger partial charge in [-0.05, 0) is 51.4 Å². The molecular formula is C16H11BrClN3O2. The Morgan fingerprint density at radius 1 is 1.30 bits per heavy atom. The van der Waals surface area contributed by atoms with Crippen LogP contribution in [0.2, 0.25) is 5.15 Å². The van der Waals surface area contributed by atoms with Gasteiger partial charge in [-0.15, -0.1) is 0 Å². The van der Waals surface area contributed by atoms with Crippen molar-refractivity contribution < 1.29 is 9.53 Å². The molecule has 2 aromatic rings. The first-order chi connectivity index (χ1) is 11.1. The average molecular weight is 393 g/mol. The lowest BCUT2D eigenvalue weighted by molar-refractivity contribution is -0.614. The van der Waals surface area contributed by atoms with Crippen LogP contribution in [-0.2, 0) is 14.9 Å². The standard InChI is InChI=1S/C16H11BrClN3O2/c1-23-14(22)16-7-4-8(16)6-9(16)5(7)15(4,6)13-20-11(17)10-12(18)19-2-3-21(10)13/h2-9H,1H3. The van der Waals surface area contributed by atoms with E-state index in [9.17, 15) is 4.79 Å². The Kier molecular flexibility index (Phi) is 1.63. The minimum Gasteiger partial charge on any atom is -0.469 e. The molecule has 8 rings (SSSR count). The van der Waals surface area contributed by atoms with Gasteiger partial charge in [0.2, 0.25) is 0 Å². The third kappa shape index (κ3) is 0.759. The molecule has 6 saturated carbocycles. The van der Waals surface area contributed by atoms with E-state index in [4.69, 9.17) is 21.3 Å². The molecule has 116 valence electrons. The number of nitrogens with zero attached hydrogens (tertiary/aromatic N) is 3. The average Bonchev–Trinajstić information content (AvgIpc) is 2.92. The first kappa shape index (κ1) is 12.3. The zero-order chi connectivity index (χ0) is 15.5. The number of rotatable bonds is 2. The van der Waals surface area contributed by atoms with Crippen molar-refractivity contribution in [2.45, 2.75) is 5.41 Å². The summed E-state index contributed by atoms with van der Waals surface area (Å²) in [6, 6.07) is 0. The van der Waals surface area contributed by atoms with Gasteiger partial charge < -0.3 is 4.74 Å². The van der Waals surface area contributed by atoms with Crippen molar-refractivity contribution in [3.05, 3.63) is 28.0 Å². The summed E-state index contributed by atoms with van der Waals surface area (Å²) in [7, 11) is 1.52. The minimum absolute atomic E-state index is 0.0379. The Morgan fingerprint density at radius 3 is 2.57 bits per heavy atom. The van der Waals surface area contributed by atoms with E-state index in [0.717, 1.165) is 15.9 Å². The van der Waals surface area contributed by atoms with Crippen LogP contribution in [0.25, 0.3) is 5.52 Å². The van der Waals surface area contributed by atoms with E-state index in [1.54, 1.807) is 6.20 Å². The molecule has 2 aromatic heterocycles. The Labute approximate surface area is 144 Å². The number of fused-ring (bicyclic) bond motifs is 1. The molecular weight excluding hydrogens is 382 g/mol. The SMILES string of the molecule is COC(=O)C12C3C4C1C1C2C3C41c1nc(Br)c2c(Cl)nccn12. The van der Waals surface area contributed by atoms with Gasteiger partial charge >= 0.3 is 5.97 Å². The molecule has 0 saturated heterocycles. The zero-order valence-corrected chi connectivity index (χ0v) is 14.4. The van der Waals surface area contributed by atoms with E-state index in [0.29, 0.717) is 40.7 Å². The topological polar surface area (TPSA) is 56.5 Å². The van der Waals surface area contributed by atoms with Gasteiger partial charge in [-0.1, -0.05) is 11.6 Å². The number of ether oxygens (including phenoxy) is 1. The van der Waals surface area contributed by atoms with Crippen molar-refractivity contribution in [3.63, 3.8) is 0 Å². The van der Waals surface area contributed by atoms with Crippen LogP contribution in [0.1, 0.15) is 5.82 Å². The molecule has 0 aromatic carbocycles. The third-order valence-electron chi connectivity index (χ3n) is 8.02. The summed E-state index contributed by atoms with van der Waals surface area (Å²) in [5.41, 5.74) is 0.940. The highest BCUT2D eigenvalue weighted by atomic mass is 79.9. The van der Waals surface area contributed by atoms with Gasteiger partial charge in [0.15, 0.2) is 5.15 Å². The highest BCUT2D eigenvalue weighted by Crippen LogP contribution is 3.09. The summed E-state index contributed by atoms with van der Waals surface area (Å²) in [6.07, 6.45) is 3.68. The molecule has 5 nitrogen and oxygen atoms in total. The van der Waals surface area contributed by atoms with Crippen LogP contribution in [-0.4, -0.2) is 27.4 Å². The second-order valence-corrected chi connectivity index (χ2v) is 8.78. The number of carbonyl (C=O) groups excluding carboxylic acids is 1. The van der Waals surface area contributed by atoms with Crippen molar-refractivity contribution in [1.29, 1.82) is 0 Å². The van der Waals surface area contributed by atoms with Crippen LogP contribution in [0.3, 0.4) is 0 Å². The van der Waals surface area contributed by atoms with Crippen LogP contribution in [0.15, 0.2) is 17.0 Å². The van der Waals surface area contributed by atoms with Crippen LogP contribution in [0.5, 0.6) is 0 Å². The molecule has 0 N–H and O–H groups in total. The third-order valence-corrected chi connectivity index (χ3v) is 8.85. The molecule has 0 aliphatic heterocycles. The van der Waals surface area contributed by atoms with Crippen LogP contribution in [0, 0.1) is 40.9 Å². The van der Waals surface area contributed by atoms with Gasteiger partial charge in [0.25, 0.3) is 0 Å². The number of hydrogen-bond acceptors (Lipinski definition) is 4. The van der Waals surface area contributed by atoms with Gasteiger partial charge in [0, 0.05) is 17.8 Å². The molecule has 0 bridgehead atoms. The number of aromatic nitrogens is 3. The largest absolute Gasteiger partial charge is 0.469 e. The lowest BCUT2D eigenvalue weighted by Crippen LogP contribution is -3.12. The fourth-order valence-electron chi connectivity index (χ4n) is 7.83. The summed E-state index contributed by atoms with van der Waals surface area (Å²) >= 11 is 9.79. The maximum absolute atomic E-state index is 12.2. The van der Waals surface area contributed by atoms with Crippen molar-refractivity contribution in [2.75, 3.05) is 7.11 Å². The predicted molar refractivity (Wildman–Crippen MR) is 82.8 cm³/mol. The molecule has 0 spiro atoms. The van der Waals surface area contributed by atoms with Gasteiger partial charge in [-0.2, -0.15) is 0 Å². The number of hydrogen-bond donors (Lipinski definition) is 0. The van der Waals surface area contributed by atoms with Crippen LogP contribution >= 0.6 is 27.5 Å². The second-order valence-electron chi connectivity index (χ2n) is 7.68. The minimum atomic E-state index is -0.0972. The van der Waals surface area contributed by atoms with Crippen LogP contribution in [0.4, 0.5) is 0 Å². The summed E-state index contributed by atoms with van der Waals surface area (Å²) < 4.78 is 7.96. The summed E-state index contributed by atoms with van der Waals surface area (Å²) in [5.74, 6) is 4.62. The molecule has 0 atom stereocenters. The van der Waals surface area contributed by atoms with E-state index in [1.165, 1.54) is 7.11 Å². The normalized spacial score (nSPS) is 51.8. The van der Waals surface area contributed by atoms with E-state index >= 15 is 0 Å². The summed E-state index contributed by atoms with van der Waals surface area (Å²) in [6.45, 7) is 0. The first-order valence-corrected chi connectivity index (χ1v) is 9.07. The molecule has 6 aliphatic rings. The molecule has 2 heterocycles. The number of halogens is 2. The van der Waals surface area contributed by atoms with Crippen molar-refractivity contribution in [1.82, 2.24) is 14.4 Å². The highest BCUT2D eigenvalue weighted by molar-refractivity contribution is 9.10. The van der Waals surface area contributed by atoms with Crippen molar-refractivity contribution >= 4 is 39.0 Å². The molecule has 23 heavy (non-hydrogen) atoms. The molecule has 7 heteroatoms. The Balaban J connectivity index is 1.39. The Bertz CT molecular complexity index is 932. The van der Waals surface area contributed by atoms with E-state index in [-0.39, 0.29) is 16.8 Å². The molecule has 0 radical (unpaired) electrons. The maximum Gasteiger partial charge on any atom is 0.312 e. The highest BCUT2D eigenvalue weighted by Gasteiger charge is 3.12. The monoisotopic (exact) mass is 391 g/mol. The van der Waals surface area contributed by atoms with Crippen molar-refractivity contribution in [3.8, 4) is 0 Å². The zero-order valence-electron chi connectivity index (χ0n) is 12.0. The lowest BCUT2D eigenvalue weighted by Gasteiger charge is -3.09. The molecule has 0 unspecified atom stereocenters.